The van der Waals surface area contributed by atoms with Crippen LogP contribution in [0.5, 0.6) is 5.75 Å². The van der Waals surface area contributed by atoms with E-state index in [1.807, 2.05) is 6.07 Å². The maximum Gasteiger partial charge on any atom is 0.172 e. The Bertz CT molecular complexity index is 753. The van der Waals surface area contributed by atoms with Gasteiger partial charge in [-0.3, -0.25) is 0 Å². The van der Waals surface area contributed by atoms with Crippen LogP contribution < -0.4 is 10.2 Å². The summed E-state index contributed by atoms with van der Waals surface area (Å²) in [6.07, 6.45) is 0. The lowest BCUT2D eigenvalue weighted by Gasteiger charge is -2.44. The number of aromatic nitrogens is 2. The minimum Gasteiger partial charge on any atom is -0.504 e. The molecule has 2 aliphatic rings. The number of rotatable bonds is 1. The molecule has 0 amide bonds. The largest absolute Gasteiger partial charge is 0.504 e. The number of para-hydroxylation sites is 1. The lowest BCUT2D eigenvalue weighted by Crippen LogP contribution is -2.56. The molecule has 6 nitrogen and oxygen atoms in total. The second kappa shape index (κ2) is 5.34. The second-order valence-electron chi connectivity index (χ2n) is 6.09. The van der Waals surface area contributed by atoms with Crippen LogP contribution in [-0.2, 0) is 0 Å². The molecule has 0 aliphatic carbocycles. The van der Waals surface area contributed by atoms with E-state index in [9.17, 15) is 9.50 Å². The Morgan fingerprint density at radius 3 is 3.04 bits per heavy atom. The maximum atomic E-state index is 13.6. The number of hydrogen-bond acceptors (Lipinski definition) is 6. The molecule has 0 radical (unpaired) electrons. The van der Waals surface area contributed by atoms with Gasteiger partial charge in [0.05, 0.1) is 17.4 Å². The van der Waals surface area contributed by atoms with Gasteiger partial charge < -0.3 is 20.2 Å². The summed E-state index contributed by atoms with van der Waals surface area (Å²) in [5.74, 6) is -0.302. The van der Waals surface area contributed by atoms with Gasteiger partial charge in [0.15, 0.2) is 17.4 Å². The summed E-state index contributed by atoms with van der Waals surface area (Å²) in [6, 6.07) is 6.68. The molecule has 3 heterocycles. The molecule has 4 rings (SSSR count). The number of halogens is 1. The molecule has 2 N–H and O–H groups in total. The number of benzene rings is 1. The van der Waals surface area contributed by atoms with Crippen LogP contribution in [0.15, 0.2) is 24.3 Å². The molecular formula is C16H18FN5O. The number of piperazine rings is 1. The number of anilines is 2. The zero-order chi connectivity index (χ0) is 16.0. The van der Waals surface area contributed by atoms with Gasteiger partial charge in [-0.25, -0.2) is 4.39 Å². The van der Waals surface area contributed by atoms with Gasteiger partial charge in [-0.2, -0.15) is 0 Å². The first kappa shape index (κ1) is 14.2. The van der Waals surface area contributed by atoms with Gasteiger partial charge in [0.1, 0.15) is 0 Å². The van der Waals surface area contributed by atoms with Crippen LogP contribution in [0, 0.1) is 5.82 Å². The fourth-order valence-corrected chi connectivity index (χ4v) is 3.30. The smallest absolute Gasteiger partial charge is 0.172 e. The zero-order valence-electron chi connectivity index (χ0n) is 12.8. The third-order valence-corrected chi connectivity index (χ3v) is 4.54. The highest BCUT2D eigenvalue weighted by Gasteiger charge is 2.31. The van der Waals surface area contributed by atoms with Crippen molar-refractivity contribution in [2.24, 2.45) is 0 Å². The minimum atomic E-state index is -0.655. The lowest BCUT2D eigenvalue weighted by molar-refractivity contribution is 0.269. The SMILES string of the molecule is CN1CCN2c3cc(-c4cccc(F)c4O)nnc3NC[C@@H]2C1. The number of nitrogens with one attached hydrogen (secondary N) is 1. The molecule has 2 aliphatic heterocycles. The van der Waals surface area contributed by atoms with Crippen LogP contribution in [0.2, 0.25) is 0 Å². The van der Waals surface area contributed by atoms with Crippen molar-refractivity contribution in [3.63, 3.8) is 0 Å². The molecular weight excluding hydrogens is 297 g/mol. The number of likely N-dealkylation sites (N-methyl/N-ethyl adjacent to an activating group) is 1. The first-order chi connectivity index (χ1) is 11.1. The third kappa shape index (κ3) is 2.37. The standard InChI is InChI=1S/C16H18FN5O/c1-21-5-6-22-10(9-21)8-18-16-14(22)7-13(19-20-16)11-3-2-4-12(17)15(11)23/h2-4,7,10,23H,5-6,8-9H2,1H3,(H,18,20)/t10-/m1/s1. The fraction of sp³-hybridized carbons (Fsp3) is 0.375. The Morgan fingerprint density at radius 1 is 1.30 bits per heavy atom. The van der Waals surface area contributed by atoms with Crippen molar-refractivity contribution in [2.45, 2.75) is 6.04 Å². The van der Waals surface area contributed by atoms with E-state index >= 15 is 0 Å². The predicted octanol–water partition coefficient (Wildman–Crippen LogP) is 1.53. The van der Waals surface area contributed by atoms with Crippen molar-refractivity contribution in [3.8, 4) is 17.0 Å². The Hall–Kier alpha value is -2.41. The number of nitrogens with zero attached hydrogens (tertiary/aromatic N) is 4. The highest BCUT2D eigenvalue weighted by molar-refractivity contribution is 5.76. The number of phenolic OH excluding ortho intramolecular Hbond substituents is 1. The number of fused-ring (bicyclic) bond motifs is 3. The Morgan fingerprint density at radius 2 is 2.17 bits per heavy atom. The molecule has 2 aromatic rings. The van der Waals surface area contributed by atoms with Gasteiger partial charge in [-0.05, 0) is 25.2 Å². The molecule has 1 fully saturated rings. The van der Waals surface area contributed by atoms with E-state index in [1.165, 1.54) is 6.07 Å². The minimum absolute atomic E-state index is 0.358. The Kier molecular flexibility index (Phi) is 3.30. The number of phenols is 1. The van der Waals surface area contributed by atoms with E-state index in [1.54, 1.807) is 12.1 Å². The fourth-order valence-electron chi connectivity index (χ4n) is 3.30. The van der Waals surface area contributed by atoms with Crippen molar-refractivity contribution in [2.75, 3.05) is 43.4 Å². The van der Waals surface area contributed by atoms with Crippen molar-refractivity contribution >= 4 is 11.5 Å². The van der Waals surface area contributed by atoms with E-state index in [0.29, 0.717) is 17.3 Å². The number of hydrogen-bond donors (Lipinski definition) is 2. The summed E-state index contributed by atoms with van der Waals surface area (Å²) in [5, 5.41) is 21.6. The summed E-state index contributed by atoms with van der Waals surface area (Å²) in [6.45, 7) is 3.71. The first-order valence-electron chi connectivity index (χ1n) is 7.68. The second-order valence-corrected chi connectivity index (χ2v) is 6.09. The van der Waals surface area contributed by atoms with Crippen molar-refractivity contribution in [1.82, 2.24) is 15.1 Å². The van der Waals surface area contributed by atoms with E-state index < -0.39 is 5.82 Å². The van der Waals surface area contributed by atoms with E-state index in [2.05, 4.69) is 32.4 Å². The van der Waals surface area contributed by atoms with E-state index in [0.717, 1.165) is 37.7 Å². The van der Waals surface area contributed by atoms with Gasteiger partial charge >= 0.3 is 0 Å². The van der Waals surface area contributed by atoms with Crippen LogP contribution >= 0.6 is 0 Å². The average molecular weight is 315 g/mol. The molecule has 0 spiro atoms. The summed E-state index contributed by atoms with van der Waals surface area (Å²) < 4.78 is 13.6. The molecule has 7 heteroatoms. The highest BCUT2D eigenvalue weighted by Crippen LogP contribution is 2.36. The van der Waals surface area contributed by atoms with Crippen molar-refractivity contribution < 1.29 is 9.50 Å². The van der Waals surface area contributed by atoms with E-state index in [4.69, 9.17) is 0 Å². The molecule has 0 bridgehead atoms. The third-order valence-electron chi connectivity index (χ3n) is 4.54. The Balaban J connectivity index is 1.76. The van der Waals surface area contributed by atoms with Crippen LogP contribution in [0.3, 0.4) is 0 Å². The summed E-state index contributed by atoms with van der Waals surface area (Å²) in [4.78, 5) is 4.63. The van der Waals surface area contributed by atoms with Crippen LogP contribution in [0.4, 0.5) is 15.9 Å². The molecule has 1 atom stereocenters. The molecule has 0 saturated carbocycles. The zero-order valence-corrected chi connectivity index (χ0v) is 12.8. The topological polar surface area (TPSA) is 64.5 Å². The van der Waals surface area contributed by atoms with Crippen molar-refractivity contribution in [1.29, 1.82) is 0 Å². The molecule has 120 valence electrons. The van der Waals surface area contributed by atoms with Gasteiger partial charge in [0.2, 0.25) is 0 Å². The Labute approximate surface area is 133 Å². The number of aromatic hydroxyl groups is 1. The average Bonchev–Trinajstić information content (AvgIpc) is 2.56. The van der Waals surface area contributed by atoms with Crippen LogP contribution in [0.1, 0.15) is 0 Å². The van der Waals surface area contributed by atoms with Crippen LogP contribution in [-0.4, -0.2) is 59.5 Å². The molecule has 1 aromatic carbocycles. The normalized spacial score (nSPS) is 20.6. The molecule has 1 aromatic heterocycles. The summed E-state index contributed by atoms with van der Waals surface area (Å²) in [7, 11) is 2.12. The van der Waals surface area contributed by atoms with Crippen LogP contribution in [0.25, 0.3) is 11.3 Å². The lowest BCUT2D eigenvalue weighted by atomic mass is 10.1. The summed E-state index contributed by atoms with van der Waals surface area (Å²) in [5.41, 5.74) is 1.79. The van der Waals surface area contributed by atoms with E-state index in [-0.39, 0.29) is 5.75 Å². The highest BCUT2D eigenvalue weighted by atomic mass is 19.1. The first-order valence-corrected chi connectivity index (χ1v) is 7.68. The van der Waals surface area contributed by atoms with Crippen molar-refractivity contribution in [3.05, 3.63) is 30.1 Å². The predicted molar refractivity (Wildman–Crippen MR) is 86.2 cm³/mol. The maximum absolute atomic E-state index is 13.6. The van der Waals surface area contributed by atoms with Gasteiger partial charge in [-0.1, -0.05) is 6.07 Å². The molecule has 1 saturated heterocycles. The molecule has 23 heavy (non-hydrogen) atoms. The summed E-state index contributed by atoms with van der Waals surface area (Å²) >= 11 is 0. The molecule has 0 unspecified atom stereocenters. The van der Waals surface area contributed by atoms with Gasteiger partial charge in [-0.15, -0.1) is 10.2 Å². The van der Waals surface area contributed by atoms with Gasteiger partial charge in [0, 0.05) is 31.7 Å². The van der Waals surface area contributed by atoms with Gasteiger partial charge in [0.25, 0.3) is 0 Å². The quantitative estimate of drug-likeness (QED) is 0.832. The monoisotopic (exact) mass is 315 g/mol.